The summed E-state index contributed by atoms with van der Waals surface area (Å²) in [6.45, 7) is 3.96. The number of nitrogen functional groups attached to an aromatic ring is 1. The molecule has 8 nitrogen and oxygen atoms in total. The Morgan fingerprint density at radius 3 is 2.43 bits per heavy atom. The predicted octanol–water partition coefficient (Wildman–Crippen LogP) is -0.515. The van der Waals surface area contributed by atoms with E-state index in [2.05, 4.69) is 10.2 Å². The van der Waals surface area contributed by atoms with Gasteiger partial charge in [0.2, 0.25) is 5.91 Å². The first-order valence-electron chi connectivity index (χ1n) is 6.97. The molecule has 21 heavy (non-hydrogen) atoms. The Hall–Kier alpha value is -2.09. The van der Waals surface area contributed by atoms with E-state index in [1.165, 1.54) is 7.11 Å². The summed E-state index contributed by atoms with van der Waals surface area (Å²) in [4.78, 5) is 27.5. The summed E-state index contributed by atoms with van der Waals surface area (Å²) in [7, 11) is 1.49. The number of nitrogens with zero attached hydrogens (tertiary/aromatic N) is 3. The van der Waals surface area contributed by atoms with Crippen LogP contribution in [0.2, 0.25) is 0 Å². The maximum Gasteiger partial charge on any atom is 0.276 e. The van der Waals surface area contributed by atoms with Gasteiger partial charge in [-0.2, -0.15) is 5.10 Å². The molecule has 1 aliphatic rings. The average molecular weight is 295 g/mol. The zero-order valence-electron chi connectivity index (χ0n) is 12.4. The smallest absolute Gasteiger partial charge is 0.276 e. The van der Waals surface area contributed by atoms with Crippen molar-refractivity contribution in [3.8, 4) is 0 Å². The van der Waals surface area contributed by atoms with E-state index in [1.807, 2.05) is 6.92 Å². The van der Waals surface area contributed by atoms with Gasteiger partial charge in [0.1, 0.15) is 6.61 Å². The summed E-state index contributed by atoms with van der Waals surface area (Å²) in [6.07, 6.45) is 0.700. The van der Waals surface area contributed by atoms with E-state index in [4.69, 9.17) is 10.5 Å². The molecule has 0 bridgehead atoms. The molecule has 0 spiro atoms. The Morgan fingerprint density at radius 1 is 1.29 bits per heavy atom. The van der Waals surface area contributed by atoms with Crippen LogP contribution in [0.25, 0.3) is 0 Å². The van der Waals surface area contributed by atoms with E-state index in [-0.39, 0.29) is 24.1 Å². The van der Waals surface area contributed by atoms with E-state index >= 15 is 0 Å². The number of rotatable bonds is 4. The quantitative estimate of drug-likeness (QED) is 0.778. The molecule has 1 saturated heterocycles. The Balaban J connectivity index is 1.97. The summed E-state index contributed by atoms with van der Waals surface area (Å²) in [5, 5.41) is 6.79. The molecule has 1 aromatic rings. The first kappa shape index (κ1) is 15.3. The van der Waals surface area contributed by atoms with Crippen LogP contribution in [-0.4, -0.2) is 71.7 Å². The number of H-pyrrole nitrogens is 1. The highest BCUT2D eigenvalue weighted by Gasteiger charge is 2.27. The van der Waals surface area contributed by atoms with Crippen molar-refractivity contribution in [3.63, 3.8) is 0 Å². The van der Waals surface area contributed by atoms with E-state index in [0.717, 1.165) is 5.69 Å². The number of aryl methyl sites for hydroxylation is 1. The van der Waals surface area contributed by atoms with E-state index in [0.29, 0.717) is 38.3 Å². The van der Waals surface area contributed by atoms with Crippen molar-refractivity contribution in [1.82, 2.24) is 20.0 Å². The molecule has 1 fully saturated rings. The van der Waals surface area contributed by atoms with Gasteiger partial charge in [-0.15, -0.1) is 0 Å². The maximum absolute atomic E-state index is 12.4. The van der Waals surface area contributed by atoms with E-state index < -0.39 is 0 Å². The van der Waals surface area contributed by atoms with Crippen LogP contribution in [0, 0.1) is 0 Å². The van der Waals surface area contributed by atoms with Crippen molar-refractivity contribution in [3.05, 3.63) is 11.4 Å². The van der Waals surface area contributed by atoms with Gasteiger partial charge in [0, 0.05) is 33.3 Å². The molecule has 2 heterocycles. The number of nitrogens with one attached hydrogen (secondary N) is 1. The zero-order chi connectivity index (χ0) is 15.4. The minimum Gasteiger partial charge on any atom is -0.395 e. The highest BCUT2D eigenvalue weighted by Crippen LogP contribution is 2.17. The summed E-state index contributed by atoms with van der Waals surface area (Å²) >= 11 is 0. The SMILES string of the molecule is CCc1[nH]nc(C(=O)N2CCN(C(=O)COC)CC2)c1N. The summed E-state index contributed by atoms with van der Waals surface area (Å²) < 4.78 is 4.83. The molecule has 2 rings (SSSR count). The van der Waals surface area contributed by atoms with Gasteiger partial charge in [0.25, 0.3) is 5.91 Å². The summed E-state index contributed by atoms with van der Waals surface area (Å²) in [5.74, 6) is -0.251. The van der Waals surface area contributed by atoms with Gasteiger partial charge in [-0.25, -0.2) is 0 Å². The van der Waals surface area contributed by atoms with Crippen molar-refractivity contribution in [2.75, 3.05) is 45.6 Å². The van der Waals surface area contributed by atoms with Crippen LogP contribution in [0.5, 0.6) is 0 Å². The van der Waals surface area contributed by atoms with Crippen LogP contribution in [-0.2, 0) is 16.0 Å². The van der Waals surface area contributed by atoms with Gasteiger partial charge in [-0.3, -0.25) is 14.7 Å². The third kappa shape index (κ3) is 3.15. The van der Waals surface area contributed by atoms with Gasteiger partial charge in [0.15, 0.2) is 5.69 Å². The number of anilines is 1. The molecule has 0 aliphatic carbocycles. The minimum absolute atomic E-state index is 0.0582. The molecule has 0 aromatic carbocycles. The number of aromatic nitrogens is 2. The molecule has 1 aromatic heterocycles. The second kappa shape index (κ2) is 6.57. The van der Waals surface area contributed by atoms with Crippen LogP contribution in [0.15, 0.2) is 0 Å². The van der Waals surface area contributed by atoms with Gasteiger partial charge < -0.3 is 20.3 Å². The molecule has 0 radical (unpaired) electrons. The van der Waals surface area contributed by atoms with Crippen molar-refractivity contribution in [2.45, 2.75) is 13.3 Å². The van der Waals surface area contributed by atoms with Crippen LogP contribution >= 0.6 is 0 Å². The number of methoxy groups -OCH3 is 1. The number of carbonyl (C=O) groups excluding carboxylic acids is 2. The fraction of sp³-hybridized carbons (Fsp3) is 0.615. The molecule has 8 heteroatoms. The number of amides is 2. The lowest BCUT2D eigenvalue weighted by atomic mass is 10.2. The molecule has 0 atom stereocenters. The number of aromatic amines is 1. The number of hydrogen-bond acceptors (Lipinski definition) is 5. The largest absolute Gasteiger partial charge is 0.395 e. The van der Waals surface area contributed by atoms with Gasteiger partial charge >= 0.3 is 0 Å². The number of carbonyl (C=O) groups is 2. The van der Waals surface area contributed by atoms with Crippen molar-refractivity contribution in [1.29, 1.82) is 0 Å². The summed E-state index contributed by atoms with van der Waals surface area (Å²) in [6, 6.07) is 0. The lowest BCUT2D eigenvalue weighted by molar-refractivity contribution is -0.136. The second-order valence-corrected chi connectivity index (χ2v) is 4.92. The van der Waals surface area contributed by atoms with Crippen molar-refractivity contribution < 1.29 is 14.3 Å². The Bertz CT molecular complexity index is 520. The van der Waals surface area contributed by atoms with Crippen molar-refractivity contribution in [2.24, 2.45) is 0 Å². The lowest BCUT2D eigenvalue weighted by Gasteiger charge is -2.34. The third-order valence-electron chi connectivity index (χ3n) is 3.63. The van der Waals surface area contributed by atoms with Crippen LogP contribution in [0.3, 0.4) is 0 Å². The predicted molar refractivity (Wildman–Crippen MR) is 76.7 cm³/mol. The zero-order valence-corrected chi connectivity index (χ0v) is 12.4. The molecule has 0 unspecified atom stereocenters. The number of ether oxygens (including phenoxy) is 1. The maximum atomic E-state index is 12.4. The Kier molecular flexibility index (Phi) is 4.79. The van der Waals surface area contributed by atoms with Gasteiger partial charge in [-0.05, 0) is 6.42 Å². The van der Waals surface area contributed by atoms with Crippen LogP contribution < -0.4 is 5.73 Å². The van der Waals surface area contributed by atoms with Gasteiger partial charge in [0.05, 0.1) is 11.4 Å². The average Bonchev–Trinajstić information content (AvgIpc) is 2.88. The molecular weight excluding hydrogens is 274 g/mol. The molecule has 0 saturated carbocycles. The first-order chi connectivity index (χ1) is 10.1. The Labute approximate surface area is 123 Å². The van der Waals surface area contributed by atoms with E-state index in [9.17, 15) is 9.59 Å². The lowest BCUT2D eigenvalue weighted by Crippen LogP contribution is -2.51. The molecule has 3 N–H and O–H groups in total. The fourth-order valence-corrected chi connectivity index (χ4v) is 2.34. The standard InChI is InChI=1S/C13H21N5O3/c1-3-9-11(14)12(16-15-9)13(20)18-6-4-17(5-7-18)10(19)8-21-2/h3-8,14H2,1-2H3,(H,15,16). The molecular formula is C13H21N5O3. The number of nitrogens with two attached hydrogens (primary N) is 1. The second-order valence-electron chi connectivity index (χ2n) is 4.92. The molecule has 1 aliphatic heterocycles. The van der Waals surface area contributed by atoms with Gasteiger partial charge in [-0.1, -0.05) is 6.92 Å². The van der Waals surface area contributed by atoms with Crippen molar-refractivity contribution >= 4 is 17.5 Å². The summed E-state index contributed by atoms with van der Waals surface area (Å²) in [5.41, 5.74) is 7.37. The topological polar surface area (TPSA) is 105 Å². The highest BCUT2D eigenvalue weighted by atomic mass is 16.5. The fourth-order valence-electron chi connectivity index (χ4n) is 2.34. The number of hydrogen-bond donors (Lipinski definition) is 2. The Morgan fingerprint density at radius 2 is 1.90 bits per heavy atom. The third-order valence-corrected chi connectivity index (χ3v) is 3.63. The minimum atomic E-state index is -0.192. The molecule has 116 valence electrons. The highest BCUT2D eigenvalue weighted by molar-refractivity contribution is 5.97. The van der Waals surface area contributed by atoms with Crippen LogP contribution in [0.4, 0.5) is 5.69 Å². The van der Waals surface area contributed by atoms with E-state index in [1.54, 1.807) is 9.80 Å². The normalized spacial score (nSPS) is 15.3. The first-order valence-corrected chi connectivity index (χ1v) is 6.97. The molecule has 2 amide bonds. The monoisotopic (exact) mass is 295 g/mol. The number of piperazine rings is 1. The van der Waals surface area contributed by atoms with Crippen LogP contribution in [0.1, 0.15) is 23.1 Å².